The molecule has 0 bridgehead atoms. The van der Waals surface area contributed by atoms with Crippen molar-refractivity contribution in [1.29, 1.82) is 0 Å². The fraction of sp³-hybridized carbons (Fsp3) is 0.417. The number of methoxy groups -OCH3 is 1. The van der Waals surface area contributed by atoms with E-state index in [0.717, 1.165) is 11.3 Å². The normalized spacial score (nSPS) is 11.8. The summed E-state index contributed by atoms with van der Waals surface area (Å²) in [6, 6.07) is 13.4. The van der Waals surface area contributed by atoms with Gasteiger partial charge in [0, 0.05) is 18.3 Å². The predicted octanol–water partition coefficient (Wildman–Crippen LogP) is 4.40. The second-order valence-corrected chi connectivity index (χ2v) is 8.53. The van der Waals surface area contributed by atoms with Gasteiger partial charge in [0.2, 0.25) is 11.8 Å². The number of halogens is 1. The molecule has 0 aliphatic carbocycles. The number of rotatable bonds is 11. The summed E-state index contributed by atoms with van der Waals surface area (Å²) in [5.41, 5.74) is 1.47. The number of thioether (sulfide) groups is 1. The summed E-state index contributed by atoms with van der Waals surface area (Å²) < 4.78 is 19.1. The predicted molar refractivity (Wildman–Crippen MR) is 123 cm³/mol. The Morgan fingerprint density at radius 1 is 1.13 bits per heavy atom. The highest BCUT2D eigenvalue weighted by atomic mass is 32.2. The molecule has 0 aromatic heterocycles. The van der Waals surface area contributed by atoms with Crippen LogP contribution in [0.15, 0.2) is 48.5 Å². The lowest BCUT2D eigenvalue weighted by atomic mass is 10.1. The molecular formula is C24H31FN2O3S. The van der Waals surface area contributed by atoms with Gasteiger partial charge >= 0.3 is 0 Å². The summed E-state index contributed by atoms with van der Waals surface area (Å²) in [7, 11) is 1.60. The minimum Gasteiger partial charge on any atom is -0.497 e. The van der Waals surface area contributed by atoms with Gasteiger partial charge in [-0.05, 0) is 49.6 Å². The highest BCUT2D eigenvalue weighted by Gasteiger charge is 2.28. The van der Waals surface area contributed by atoms with E-state index in [1.165, 1.54) is 17.8 Å². The third kappa shape index (κ3) is 7.58. The Labute approximate surface area is 188 Å². The Bertz CT molecular complexity index is 858. The lowest BCUT2D eigenvalue weighted by Crippen LogP contribution is -2.50. The van der Waals surface area contributed by atoms with Gasteiger partial charge in [-0.2, -0.15) is 0 Å². The summed E-state index contributed by atoms with van der Waals surface area (Å²) in [5, 5.41) is 2.91. The van der Waals surface area contributed by atoms with Crippen LogP contribution in [-0.2, 0) is 21.9 Å². The van der Waals surface area contributed by atoms with Crippen molar-refractivity contribution in [3.05, 3.63) is 65.5 Å². The summed E-state index contributed by atoms with van der Waals surface area (Å²) in [4.78, 5) is 27.5. The van der Waals surface area contributed by atoms with Gasteiger partial charge in [-0.15, -0.1) is 11.8 Å². The Kier molecular flexibility index (Phi) is 9.85. The van der Waals surface area contributed by atoms with Crippen LogP contribution in [0.2, 0.25) is 0 Å². The van der Waals surface area contributed by atoms with Crippen LogP contribution in [-0.4, -0.2) is 41.7 Å². The van der Waals surface area contributed by atoms with Gasteiger partial charge in [-0.1, -0.05) is 37.3 Å². The van der Waals surface area contributed by atoms with Crippen LogP contribution >= 0.6 is 11.8 Å². The van der Waals surface area contributed by atoms with Crippen LogP contribution in [0.4, 0.5) is 4.39 Å². The number of carbonyl (C=O) groups is 2. The summed E-state index contributed by atoms with van der Waals surface area (Å²) in [6.07, 6.45) is 0.498. The van der Waals surface area contributed by atoms with Crippen LogP contribution in [0.3, 0.4) is 0 Å². The topological polar surface area (TPSA) is 58.6 Å². The van der Waals surface area contributed by atoms with Gasteiger partial charge in [0.1, 0.15) is 17.6 Å². The van der Waals surface area contributed by atoms with E-state index in [4.69, 9.17) is 4.74 Å². The fourth-order valence-corrected chi connectivity index (χ4v) is 4.07. The summed E-state index contributed by atoms with van der Waals surface area (Å²) >= 11 is 1.34. The van der Waals surface area contributed by atoms with E-state index in [0.29, 0.717) is 24.3 Å². The molecule has 1 atom stereocenters. The van der Waals surface area contributed by atoms with Gasteiger partial charge in [-0.25, -0.2) is 4.39 Å². The number of ether oxygens (including phenoxy) is 1. The molecule has 5 nitrogen and oxygen atoms in total. The Balaban J connectivity index is 2.14. The molecule has 0 saturated carbocycles. The van der Waals surface area contributed by atoms with Crippen molar-refractivity contribution in [2.75, 3.05) is 12.9 Å². The number of benzene rings is 2. The van der Waals surface area contributed by atoms with E-state index in [1.54, 1.807) is 30.2 Å². The molecule has 0 aliphatic rings. The molecule has 0 radical (unpaired) electrons. The zero-order chi connectivity index (χ0) is 22.8. The molecule has 2 amide bonds. The monoisotopic (exact) mass is 446 g/mol. The van der Waals surface area contributed by atoms with Crippen molar-refractivity contribution in [1.82, 2.24) is 10.2 Å². The van der Waals surface area contributed by atoms with Crippen LogP contribution in [0, 0.1) is 5.82 Å². The third-order valence-electron chi connectivity index (χ3n) is 4.77. The Morgan fingerprint density at radius 3 is 2.39 bits per heavy atom. The average molecular weight is 447 g/mol. The van der Waals surface area contributed by atoms with Crippen LogP contribution < -0.4 is 10.1 Å². The first-order chi connectivity index (χ1) is 14.8. The highest BCUT2D eigenvalue weighted by molar-refractivity contribution is 7.99. The lowest BCUT2D eigenvalue weighted by Gasteiger charge is -2.31. The van der Waals surface area contributed by atoms with Crippen molar-refractivity contribution in [2.45, 2.75) is 51.6 Å². The standard InChI is InChI=1S/C24H31FN2O3S/c1-5-22(24(29)26-17(2)3)27(14-18-10-12-20(30-4)13-11-18)23(28)16-31-15-19-8-6-7-9-21(19)25/h6-13,17,22H,5,14-16H2,1-4H3,(H,26,29). The molecule has 0 heterocycles. The van der Waals surface area contributed by atoms with Gasteiger partial charge in [0.05, 0.1) is 12.9 Å². The van der Waals surface area contributed by atoms with Gasteiger partial charge < -0.3 is 15.0 Å². The van der Waals surface area contributed by atoms with Crippen molar-refractivity contribution < 1.29 is 18.7 Å². The molecule has 168 valence electrons. The molecule has 31 heavy (non-hydrogen) atoms. The number of nitrogens with one attached hydrogen (secondary N) is 1. The van der Waals surface area contributed by atoms with Crippen LogP contribution in [0.1, 0.15) is 38.3 Å². The van der Waals surface area contributed by atoms with Crippen molar-refractivity contribution in [3.63, 3.8) is 0 Å². The van der Waals surface area contributed by atoms with Crippen LogP contribution in [0.5, 0.6) is 5.75 Å². The molecule has 0 saturated heterocycles. The zero-order valence-electron chi connectivity index (χ0n) is 18.6. The average Bonchev–Trinajstić information content (AvgIpc) is 2.74. The Morgan fingerprint density at radius 2 is 1.81 bits per heavy atom. The molecule has 0 aliphatic heterocycles. The number of carbonyl (C=O) groups excluding carboxylic acids is 2. The van der Waals surface area contributed by atoms with Gasteiger partial charge in [-0.3, -0.25) is 9.59 Å². The van der Waals surface area contributed by atoms with E-state index >= 15 is 0 Å². The maximum atomic E-state index is 13.9. The maximum absolute atomic E-state index is 13.9. The fourth-order valence-electron chi connectivity index (χ4n) is 3.17. The van der Waals surface area contributed by atoms with E-state index < -0.39 is 6.04 Å². The van der Waals surface area contributed by atoms with E-state index in [2.05, 4.69) is 5.32 Å². The van der Waals surface area contributed by atoms with Gasteiger partial charge in [0.15, 0.2) is 0 Å². The molecule has 1 unspecified atom stereocenters. The molecular weight excluding hydrogens is 415 g/mol. The smallest absolute Gasteiger partial charge is 0.243 e. The third-order valence-corrected chi connectivity index (χ3v) is 5.74. The minimum absolute atomic E-state index is 0.0186. The number of hydrogen-bond donors (Lipinski definition) is 1. The molecule has 7 heteroatoms. The van der Waals surface area contributed by atoms with E-state index in [9.17, 15) is 14.0 Å². The molecule has 2 aromatic rings. The van der Waals surface area contributed by atoms with Crippen molar-refractivity contribution in [3.8, 4) is 5.75 Å². The molecule has 2 aromatic carbocycles. The summed E-state index contributed by atoms with van der Waals surface area (Å²) in [6.45, 7) is 5.99. The second-order valence-electron chi connectivity index (χ2n) is 7.54. The maximum Gasteiger partial charge on any atom is 0.243 e. The lowest BCUT2D eigenvalue weighted by molar-refractivity contribution is -0.139. The van der Waals surface area contributed by atoms with E-state index in [1.807, 2.05) is 45.0 Å². The molecule has 0 fully saturated rings. The second kappa shape index (κ2) is 12.3. The largest absolute Gasteiger partial charge is 0.497 e. The number of hydrogen-bond acceptors (Lipinski definition) is 4. The van der Waals surface area contributed by atoms with Crippen LogP contribution in [0.25, 0.3) is 0 Å². The molecule has 0 spiro atoms. The molecule has 2 rings (SSSR count). The number of nitrogens with zero attached hydrogens (tertiary/aromatic N) is 1. The first-order valence-electron chi connectivity index (χ1n) is 10.4. The first kappa shape index (κ1) is 24.7. The first-order valence-corrected chi connectivity index (χ1v) is 11.5. The van der Waals surface area contributed by atoms with E-state index in [-0.39, 0.29) is 29.4 Å². The van der Waals surface area contributed by atoms with Gasteiger partial charge in [0.25, 0.3) is 0 Å². The SMILES string of the molecule is CCC(C(=O)NC(C)C)N(Cc1ccc(OC)cc1)C(=O)CSCc1ccccc1F. The minimum atomic E-state index is -0.578. The highest BCUT2D eigenvalue weighted by Crippen LogP contribution is 2.20. The zero-order valence-corrected chi connectivity index (χ0v) is 19.4. The summed E-state index contributed by atoms with van der Waals surface area (Å²) in [5.74, 6) is 0.688. The quantitative estimate of drug-likeness (QED) is 0.556. The molecule has 1 N–H and O–H groups in total. The van der Waals surface area contributed by atoms with Crippen molar-refractivity contribution >= 4 is 23.6 Å². The Hall–Kier alpha value is -2.54. The number of amides is 2. The van der Waals surface area contributed by atoms with Crippen molar-refractivity contribution in [2.24, 2.45) is 0 Å².